The number of carbonyl (C=O) groups is 2. The van der Waals surface area contributed by atoms with Crippen molar-refractivity contribution in [3.05, 3.63) is 59.7 Å². The standard InChI is InChI=1S/C24H26N2O4/c1-16-11-17(2)14-26(13-16)24(28)19-5-3-4-6-20(19)25-23(27)10-8-18-7-9-21-22(12-18)30-15-29-21/h3-10,12,16-17H,11,13-15H2,1-2H3,(H,25,27)/b10-8+. The summed E-state index contributed by atoms with van der Waals surface area (Å²) >= 11 is 0. The van der Waals surface area contributed by atoms with E-state index in [4.69, 9.17) is 9.47 Å². The Balaban J connectivity index is 1.46. The summed E-state index contributed by atoms with van der Waals surface area (Å²) in [6.07, 6.45) is 4.28. The van der Waals surface area contributed by atoms with Crippen LogP contribution in [0.15, 0.2) is 48.5 Å². The van der Waals surface area contributed by atoms with E-state index in [0.717, 1.165) is 25.1 Å². The lowest BCUT2D eigenvalue weighted by Gasteiger charge is -2.35. The SMILES string of the molecule is CC1CC(C)CN(C(=O)c2ccccc2NC(=O)/C=C/c2ccc3c(c2)OCO3)C1. The van der Waals surface area contributed by atoms with E-state index in [1.165, 1.54) is 6.08 Å². The van der Waals surface area contributed by atoms with E-state index in [2.05, 4.69) is 19.2 Å². The Kier molecular flexibility index (Phi) is 5.74. The molecule has 2 aromatic carbocycles. The molecule has 1 saturated heterocycles. The molecule has 6 nitrogen and oxygen atoms in total. The summed E-state index contributed by atoms with van der Waals surface area (Å²) in [4.78, 5) is 27.5. The molecule has 0 radical (unpaired) electrons. The predicted molar refractivity (Wildman–Crippen MR) is 116 cm³/mol. The number of likely N-dealkylation sites (tertiary alicyclic amines) is 1. The minimum absolute atomic E-state index is 0.0379. The summed E-state index contributed by atoms with van der Waals surface area (Å²) in [6.45, 7) is 6.04. The minimum atomic E-state index is -0.298. The molecule has 2 amide bonds. The van der Waals surface area contributed by atoms with Crippen LogP contribution in [-0.4, -0.2) is 36.6 Å². The summed E-state index contributed by atoms with van der Waals surface area (Å²) in [5.74, 6) is 1.98. The Labute approximate surface area is 176 Å². The van der Waals surface area contributed by atoms with Crippen molar-refractivity contribution < 1.29 is 19.1 Å². The van der Waals surface area contributed by atoms with Crippen LogP contribution in [0.2, 0.25) is 0 Å². The van der Waals surface area contributed by atoms with E-state index in [1.54, 1.807) is 18.2 Å². The van der Waals surface area contributed by atoms with Gasteiger partial charge in [0.1, 0.15) is 0 Å². The van der Waals surface area contributed by atoms with Gasteiger partial charge in [-0.25, -0.2) is 0 Å². The highest BCUT2D eigenvalue weighted by atomic mass is 16.7. The van der Waals surface area contributed by atoms with Crippen molar-refractivity contribution in [3.63, 3.8) is 0 Å². The van der Waals surface area contributed by atoms with Gasteiger partial charge in [0.05, 0.1) is 11.3 Å². The van der Waals surface area contributed by atoms with Crippen LogP contribution in [0.1, 0.15) is 36.2 Å². The molecule has 0 spiro atoms. The van der Waals surface area contributed by atoms with E-state index >= 15 is 0 Å². The first-order chi connectivity index (χ1) is 14.5. The van der Waals surface area contributed by atoms with Gasteiger partial charge >= 0.3 is 0 Å². The molecule has 2 atom stereocenters. The van der Waals surface area contributed by atoms with Crippen LogP contribution >= 0.6 is 0 Å². The van der Waals surface area contributed by atoms with Crippen LogP contribution in [0.25, 0.3) is 6.08 Å². The van der Waals surface area contributed by atoms with Crippen molar-refractivity contribution >= 4 is 23.6 Å². The third kappa shape index (κ3) is 4.48. The number of nitrogens with one attached hydrogen (secondary N) is 1. The fourth-order valence-corrected chi connectivity index (χ4v) is 4.14. The minimum Gasteiger partial charge on any atom is -0.454 e. The summed E-state index contributed by atoms with van der Waals surface area (Å²) in [5.41, 5.74) is 1.87. The number of carbonyl (C=O) groups excluding carboxylic acids is 2. The zero-order valence-electron chi connectivity index (χ0n) is 17.3. The maximum atomic E-state index is 13.1. The topological polar surface area (TPSA) is 67.9 Å². The zero-order valence-corrected chi connectivity index (χ0v) is 17.3. The second-order valence-electron chi connectivity index (χ2n) is 8.14. The number of amides is 2. The second-order valence-corrected chi connectivity index (χ2v) is 8.14. The van der Waals surface area contributed by atoms with Crippen molar-refractivity contribution in [2.24, 2.45) is 11.8 Å². The molecule has 4 rings (SSSR count). The van der Waals surface area contributed by atoms with Gasteiger partial charge in [0, 0.05) is 19.2 Å². The molecule has 30 heavy (non-hydrogen) atoms. The molecule has 6 heteroatoms. The van der Waals surface area contributed by atoms with Gasteiger partial charge in [-0.1, -0.05) is 32.0 Å². The molecular formula is C24H26N2O4. The summed E-state index contributed by atoms with van der Waals surface area (Å²) < 4.78 is 10.7. The number of anilines is 1. The lowest BCUT2D eigenvalue weighted by Crippen LogP contribution is -2.42. The average Bonchev–Trinajstić information content (AvgIpc) is 3.19. The van der Waals surface area contributed by atoms with Crippen molar-refractivity contribution in [1.82, 2.24) is 4.90 Å². The number of para-hydroxylation sites is 1. The van der Waals surface area contributed by atoms with Crippen molar-refractivity contribution in [2.45, 2.75) is 20.3 Å². The summed E-state index contributed by atoms with van der Waals surface area (Å²) in [5, 5.41) is 2.85. The lowest BCUT2D eigenvalue weighted by atomic mass is 9.91. The number of hydrogen-bond acceptors (Lipinski definition) is 4. The lowest BCUT2D eigenvalue weighted by molar-refractivity contribution is -0.111. The second kappa shape index (κ2) is 8.61. The predicted octanol–water partition coefficient (Wildman–Crippen LogP) is 4.19. The van der Waals surface area contributed by atoms with Crippen molar-refractivity contribution in [1.29, 1.82) is 0 Å². The molecule has 2 heterocycles. The number of benzene rings is 2. The zero-order chi connectivity index (χ0) is 21.1. The highest BCUT2D eigenvalue weighted by Crippen LogP contribution is 2.32. The largest absolute Gasteiger partial charge is 0.454 e. The Morgan fingerprint density at radius 1 is 1.03 bits per heavy atom. The Bertz CT molecular complexity index is 975. The summed E-state index contributed by atoms with van der Waals surface area (Å²) in [7, 11) is 0. The monoisotopic (exact) mass is 406 g/mol. The van der Waals surface area contributed by atoms with Gasteiger partial charge in [-0.2, -0.15) is 0 Å². The quantitative estimate of drug-likeness (QED) is 0.774. The smallest absolute Gasteiger partial charge is 0.255 e. The third-order valence-electron chi connectivity index (χ3n) is 5.40. The van der Waals surface area contributed by atoms with Crippen LogP contribution in [0.5, 0.6) is 11.5 Å². The van der Waals surface area contributed by atoms with Gasteiger partial charge in [0.15, 0.2) is 11.5 Å². The van der Waals surface area contributed by atoms with Gasteiger partial charge in [0.25, 0.3) is 5.91 Å². The molecule has 2 unspecified atom stereocenters. The highest BCUT2D eigenvalue weighted by Gasteiger charge is 2.27. The molecular weight excluding hydrogens is 380 g/mol. The first kappa shape index (κ1) is 20.0. The summed E-state index contributed by atoms with van der Waals surface area (Å²) in [6, 6.07) is 12.7. The van der Waals surface area contributed by atoms with Crippen molar-refractivity contribution in [2.75, 3.05) is 25.2 Å². The molecule has 2 aliphatic rings. The normalized spacial score (nSPS) is 20.4. The van der Waals surface area contributed by atoms with E-state index in [0.29, 0.717) is 34.6 Å². The maximum absolute atomic E-state index is 13.1. The van der Waals surface area contributed by atoms with Gasteiger partial charge in [-0.3, -0.25) is 9.59 Å². The van der Waals surface area contributed by atoms with Crippen molar-refractivity contribution in [3.8, 4) is 11.5 Å². The molecule has 1 fully saturated rings. The van der Waals surface area contributed by atoms with Crippen LogP contribution in [0, 0.1) is 11.8 Å². The van der Waals surface area contributed by atoms with E-state index < -0.39 is 0 Å². The average molecular weight is 406 g/mol. The van der Waals surface area contributed by atoms with Crippen LogP contribution in [-0.2, 0) is 4.79 Å². The molecule has 156 valence electrons. The number of ether oxygens (including phenoxy) is 2. The number of piperidine rings is 1. The van der Waals surface area contributed by atoms with Crippen LogP contribution in [0.4, 0.5) is 5.69 Å². The van der Waals surface area contributed by atoms with Gasteiger partial charge in [0.2, 0.25) is 12.7 Å². The van der Waals surface area contributed by atoms with E-state index in [9.17, 15) is 9.59 Å². The molecule has 0 aromatic heterocycles. The Hall–Kier alpha value is -3.28. The van der Waals surface area contributed by atoms with E-state index in [-0.39, 0.29) is 18.6 Å². The molecule has 2 aromatic rings. The Morgan fingerprint density at radius 2 is 1.77 bits per heavy atom. The van der Waals surface area contributed by atoms with Gasteiger partial charge in [-0.15, -0.1) is 0 Å². The third-order valence-corrected chi connectivity index (χ3v) is 5.40. The van der Waals surface area contributed by atoms with Gasteiger partial charge in [-0.05, 0) is 54.2 Å². The number of rotatable bonds is 4. The van der Waals surface area contributed by atoms with E-state index in [1.807, 2.05) is 35.2 Å². The van der Waals surface area contributed by atoms with Crippen LogP contribution < -0.4 is 14.8 Å². The number of hydrogen-bond donors (Lipinski definition) is 1. The Morgan fingerprint density at radius 3 is 2.57 bits per heavy atom. The number of nitrogens with zero attached hydrogens (tertiary/aromatic N) is 1. The first-order valence-electron chi connectivity index (χ1n) is 10.3. The first-order valence-corrected chi connectivity index (χ1v) is 10.3. The molecule has 0 aliphatic carbocycles. The molecule has 2 aliphatic heterocycles. The van der Waals surface area contributed by atoms with Gasteiger partial charge < -0.3 is 19.7 Å². The molecule has 0 saturated carbocycles. The molecule has 1 N–H and O–H groups in total. The fourth-order valence-electron chi connectivity index (χ4n) is 4.14. The highest BCUT2D eigenvalue weighted by molar-refractivity contribution is 6.07. The maximum Gasteiger partial charge on any atom is 0.255 e. The molecule has 0 bridgehead atoms. The number of fused-ring (bicyclic) bond motifs is 1. The van der Waals surface area contributed by atoms with Crippen LogP contribution in [0.3, 0.4) is 0 Å². The fraction of sp³-hybridized carbons (Fsp3) is 0.333.